The van der Waals surface area contributed by atoms with E-state index in [9.17, 15) is 9.18 Å². The van der Waals surface area contributed by atoms with Crippen molar-refractivity contribution >= 4 is 0 Å². The van der Waals surface area contributed by atoms with Crippen molar-refractivity contribution in [3.8, 4) is 5.75 Å². The van der Waals surface area contributed by atoms with Gasteiger partial charge in [0.1, 0.15) is 18.2 Å². The quantitative estimate of drug-likeness (QED) is 0.490. The molecule has 0 bridgehead atoms. The molecule has 0 saturated carbocycles. The first-order valence-corrected chi connectivity index (χ1v) is 10.4. The highest BCUT2D eigenvalue weighted by Crippen LogP contribution is 2.12. The van der Waals surface area contributed by atoms with Gasteiger partial charge in [-0.3, -0.25) is 9.69 Å². The SMILES string of the molecule is CCN(CC)Cc1ccc(CCn2ccc(OCc3ccc(F)cc3)cc2=O)cc1. The van der Waals surface area contributed by atoms with Gasteiger partial charge in [0.15, 0.2) is 0 Å². The number of hydrogen-bond donors (Lipinski definition) is 0. The summed E-state index contributed by atoms with van der Waals surface area (Å²) in [4.78, 5) is 14.8. The number of benzene rings is 2. The molecule has 3 rings (SSSR count). The van der Waals surface area contributed by atoms with Gasteiger partial charge in [-0.15, -0.1) is 0 Å². The van der Waals surface area contributed by atoms with Crippen molar-refractivity contribution in [2.24, 2.45) is 0 Å². The summed E-state index contributed by atoms with van der Waals surface area (Å²) in [6.07, 6.45) is 2.55. The number of pyridine rings is 1. The standard InChI is InChI=1S/C25H29FN2O2/c1-3-27(4-2)18-21-7-5-20(6-8-21)13-15-28-16-14-24(17-25(28)29)30-19-22-9-11-23(26)12-10-22/h5-12,14,16-17H,3-4,13,15,18-19H2,1-2H3. The van der Waals surface area contributed by atoms with E-state index in [2.05, 4.69) is 43.0 Å². The molecule has 2 aromatic carbocycles. The number of halogens is 1. The number of aryl methyl sites for hydroxylation is 2. The minimum absolute atomic E-state index is 0.0928. The van der Waals surface area contributed by atoms with Gasteiger partial charge in [-0.05, 0) is 54.4 Å². The molecule has 1 heterocycles. The zero-order valence-electron chi connectivity index (χ0n) is 17.7. The summed E-state index contributed by atoms with van der Waals surface area (Å²) < 4.78 is 20.3. The molecular formula is C25H29FN2O2. The highest BCUT2D eigenvalue weighted by Gasteiger charge is 2.04. The van der Waals surface area contributed by atoms with Gasteiger partial charge in [0, 0.05) is 25.4 Å². The molecule has 0 aliphatic heterocycles. The molecule has 1 aromatic heterocycles. The van der Waals surface area contributed by atoms with Crippen LogP contribution >= 0.6 is 0 Å². The predicted octanol–water partition coefficient (Wildman–Crippen LogP) is 4.65. The van der Waals surface area contributed by atoms with Gasteiger partial charge in [-0.1, -0.05) is 50.2 Å². The number of ether oxygens (including phenoxy) is 1. The van der Waals surface area contributed by atoms with Crippen molar-refractivity contribution in [3.63, 3.8) is 0 Å². The zero-order valence-corrected chi connectivity index (χ0v) is 17.7. The topological polar surface area (TPSA) is 34.5 Å². The minimum Gasteiger partial charge on any atom is -0.489 e. The fourth-order valence-corrected chi connectivity index (χ4v) is 3.28. The second-order valence-electron chi connectivity index (χ2n) is 7.34. The van der Waals surface area contributed by atoms with Crippen LogP contribution in [0.15, 0.2) is 71.7 Å². The molecule has 5 heteroatoms. The second kappa shape index (κ2) is 10.7. The molecular weight excluding hydrogens is 379 g/mol. The maximum absolute atomic E-state index is 13.0. The molecule has 0 fully saturated rings. The molecule has 30 heavy (non-hydrogen) atoms. The summed E-state index contributed by atoms with van der Waals surface area (Å²) in [5.41, 5.74) is 3.28. The van der Waals surface area contributed by atoms with Gasteiger partial charge in [0.2, 0.25) is 0 Å². The van der Waals surface area contributed by atoms with Crippen LogP contribution in [0.25, 0.3) is 0 Å². The summed E-state index contributed by atoms with van der Waals surface area (Å²) in [6.45, 7) is 8.32. The van der Waals surface area contributed by atoms with Crippen LogP contribution in [0.1, 0.15) is 30.5 Å². The van der Waals surface area contributed by atoms with E-state index >= 15 is 0 Å². The lowest BCUT2D eigenvalue weighted by Gasteiger charge is -2.18. The highest BCUT2D eigenvalue weighted by atomic mass is 19.1. The fourth-order valence-electron chi connectivity index (χ4n) is 3.28. The van der Waals surface area contributed by atoms with Gasteiger partial charge in [-0.25, -0.2) is 4.39 Å². The largest absolute Gasteiger partial charge is 0.489 e. The Balaban J connectivity index is 1.53. The molecule has 158 valence electrons. The Hall–Kier alpha value is -2.92. The Morgan fingerprint density at radius 3 is 2.17 bits per heavy atom. The third kappa shape index (κ3) is 6.29. The van der Waals surface area contributed by atoms with Gasteiger partial charge < -0.3 is 9.30 Å². The Labute approximate surface area is 177 Å². The normalized spacial score (nSPS) is 11.1. The molecule has 3 aromatic rings. The van der Waals surface area contributed by atoms with E-state index < -0.39 is 0 Å². The molecule has 0 unspecified atom stereocenters. The summed E-state index contributed by atoms with van der Waals surface area (Å²) in [7, 11) is 0. The Bertz CT molecular complexity index is 977. The molecule has 0 saturated heterocycles. The lowest BCUT2D eigenvalue weighted by Crippen LogP contribution is -2.22. The Morgan fingerprint density at radius 1 is 0.900 bits per heavy atom. The van der Waals surface area contributed by atoms with E-state index in [1.54, 1.807) is 29.0 Å². The van der Waals surface area contributed by atoms with E-state index in [-0.39, 0.29) is 11.4 Å². The summed E-state index contributed by atoms with van der Waals surface area (Å²) in [6, 6.07) is 18.0. The van der Waals surface area contributed by atoms with Gasteiger partial charge in [-0.2, -0.15) is 0 Å². The third-order valence-electron chi connectivity index (χ3n) is 5.25. The minimum atomic E-state index is -0.278. The average Bonchev–Trinajstić information content (AvgIpc) is 2.77. The first kappa shape index (κ1) is 21.8. The zero-order chi connectivity index (χ0) is 21.3. The van der Waals surface area contributed by atoms with Crippen molar-refractivity contribution in [1.82, 2.24) is 9.47 Å². The van der Waals surface area contributed by atoms with Crippen molar-refractivity contribution in [2.75, 3.05) is 13.1 Å². The van der Waals surface area contributed by atoms with Crippen molar-refractivity contribution in [2.45, 2.75) is 40.0 Å². The number of rotatable bonds is 10. The monoisotopic (exact) mass is 408 g/mol. The summed E-state index contributed by atoms with van der Waals surface area (Å²) in [5, 5.41) is 0. The Morgan fingerprint density at radius 2 is 1.53 bits per heavy atom. The maximum atomic E-state index is 13.0. The van der Waals surface area contributed by atoms with E-state index in [0.29, 0.717) is 18.9 Å². The number of hydrogen-bond acceptors (Lipinski definition) is 3. The van der Waals surface area contributed by atoms with Gasteiger partial charge in [0.05, 0.1) is 0 Å². The smallest absolute Gasteiger partial charge is 0.254 e. The lowest BCUT2D eigenvalue weighted by molar-refractivity contribution is 0.296. The Kier molecular flexibility index (Phi) is 7.80. The van der Waals surface area contributed by atoms with Crippen LogP contribution in [0.3, 0.4) is 0 Å². The second-order valence-corrected chi connectivity index (χ2v) is 7.34. The molecule has 0 N–H and O–H groups in total. The van der Waals surface area contributed by atoms with E-state index in [1.165, 1.54) is 29.3 Å². The van der Waals surface area contributed by atoms with Crippen LogP contribution in [0.2, 0.25) is 0 Å². The van der Waals surface area contributed by atoms with Crippen molar-refractivity contribution < 1.29 is 9.13 Å². The van der Waals surface area contributed by atoms with Gasteiger partial charge >= 0.3 is 0 Å². The van der Waals surface area contributed by atoms with Crippen LogP contribution in [0.5, 0.6) is 5.75 Å². The molecule has 0 atom stereocenters. The van der Waals surface area contributed by atoms with Crippen LogP contribution in [0, 0.1) is 5.82 Å². The molecule has 0 aliphatic carbocycles. The molecule has 0 aliphatic rings. The van der Waals surface area contributed by atoms with Crippen LogP contribution in [0.4, 0.5) is 4.39 Å². The first-order chi connectivity index (χ1) is 14.6. The molecule has 4 nitrogen and oxygen atoms in total. The average molecular weight is 409 g/mol. The summed E-state index contributed by atoms with van der Waals surface area (Å²) >= 11 is 0. The van der Waals surface area contributed by atoms with E-state index in [1.807, 2.05) is 0 Å². The summed E-state index contributed by atoms with van der Waals surface area (Å²) in [5.74, 6) is 0.237. The van der Waals surface area contributed by atoms with Gasteiger partial charge in [0.25, 0.3) is 5.56 Å². The van der Waals surface area contributed by atoms with Crippen LogP contribution in [-0.4, -0.2) is 22.6 Å². The molecule has 0 amide bonds. The number of aromatic nitrogens is 1. The number of nitrogens with zero attached hydrogens (tertiary/aromatic N) is 2. The van der Waals surface area contributed by atoms with Crippen molar-refractivity contribution in [3.05, 3.63) is 99.7 Å². The van der Waals surface area contributed by atoms with Crippen LogP contribution in [-0.2, 0) is 26.1 Å². The third-order valence-corrected chi connectivity index (χ3v) is 5.25. The van der Waals surface area contributed by atoms with Crippen molar-refractivity contribution in [1.29, 1.82) is 0 Å². The molecule has 0 radical (unpaired) electrons. The van der Waals surface area contributed by atoms with E-state index in [4.69, 9.17) is 4.74 Å². The van der Waals surface area contributed by atoms with E-state index in [0.717, 1.165) is 31.6 Å². The van der Waals surface area contributed by atoms with Crippen LogP contribution < -0.4 is 10.3 Å². The maximum Gasteiger partial charge on any atom is 0.254 e. The predicted molar refractivity (Wildman–Crippen MR) is 118 cm³/mol. The lowest BCUT2D eigenvalue weighted by atomic mass is 10.1. The highest BCUT2D eigenvalue weighted by molar-refractivity contribution is 5.23. The fraction of sp³-hybridized carbons (Fsp3) is 0.320. The molecule has 0 spiro atoms. The first-order valence-electron chi connectivity index (χ1n) is 10.4.